The number of carbonyl (C=O) groups is 1. The highest BCUT2D eigenvalue weighted by Gasteiger charge is 2.56. The summed E-state index contributed by atoms with van der Waals surface area (Å²) in [5.41, 5.74) is -0.796. The molecule has 114 valence electrons. The molecule has 2 heterocycles. The molecule has 0 atom stereocenters. The van der Waals surface area contributed by atoms with Gasteiger partial charge in [-0.15, -0.1) is 0 Å². The molecule has 0 N–H and O–H groups in total. The third-order valence-electron chi connectivity index (χ3n) is 3.54. The van der Waals surface area contributed by atoms with Crippen molar-refractivity contribution in [3.05, 3.63) is 29.0 Å². The first-order valence-corrected chi connectivity index (χ1v) is 7.94. The average molecular weight is 335 g/mol. The first-order chi connectivity index (χ1) is 9.72. The van der Waals surface area contributed by atoms with E-state index in [1.165, 1.54) is 11.0 Å². The van der Waals surface area contributed by atoms with Gasteiger partial charge >= 0.3 is 6.09 Å². The van der Waals surface area contributed by atoms with Crippen molar-refractivity contribution in [3.8, 4) is 0 Å². The number of nitrogens with zero attached hydrogens (tertiary/aromatic N) is 2. The Morgan fingerprint density at radius 2 is 1.95 bits per heavy atom. The summed E-state index contributed by atoms with van der Waals surface area (Å²) in [5.74, 6) is -0.719. The molecule has 0 bridgehead atoms. The maximum Gasteiger partial charge on any atom is 0.410 e. The Morgan fingerprint density at radius 3 is 2.48 bits per heavy atom. The van der Waals surface area contributed by atoms with E-state index in [-0.39, 0.29) is 23.0 Å². The number of halogens is 2. The molecule has 0 aromatic heterocycles. The van der Waals surface area contributed by atoms with Crippen LogP contribution in [0.25, 0.3) is 0 Å². The molecule has 21 heavy (non-hydrogen) atoms. The molecule has 1 aromatic rings. The largest absolute Gasteiger partial charge is 0.438 e. The van der Waals surface area contributed by atoms with Crippen LogP contribution >= 0.6 is 11.6 Å². The highest BCUT2D eigenvalue weighted by atomic mass is 35.5. The van der Waals surface area contributed by atoms with Crippen LogP contribution in [0, 0.1) is 5.82 Å². The second kappa shape index (κ2) is 4.56. The monoisotopic (exact) mass is 334 g/mol. The normalized spacial score (nSPS) is 21.5. The number of hydrogen-bond acceptors (Lipinski definition) is 4. The van der Waals surface area contributed by atoms with Crippen LogP contribution in [0.15, 0.2) is 23.1 Å². The molecule has 2 aliphatic heterocycles. The molecule has 9 heteroatoms. The van der Waals surface area contributed by atoms with Gasteiger partial charge in [-0.3, -0.25) is 0 Å². The van der Waals surface area contributed by atoms with E-state index in [0.717, 1.165) is 16.4 Å². The van der Waals surface area contributed by atoms with Gasteiger partial charge in [-0.2, -0.15) is 4.31 Å². The second-order valence-electron chi connectivity index (χ2n) is 5.29. The predicted octanol–water partition coefficient (Wildman–Crippen LogP) is 1.30. The summed E-state index contributed by atoms with van der Waals surface area (Å²) >= 11 is 5.68. The van der Waals surface area contributed by atoms with Crippen LogP contribution in [0.2, 0.25) is 5.02 Å². The van der Waals surface area contributed by atoms with Crippen LogP contribution in [0.1, 0.15) is 0 Å². The molecule has 3 rings (SSSR count). The summed E-state index contributed by atoms with van der Waals surface area (Å²) < 4.78 is 44.4. The van der Waals surface area contributed by atoms with Gasteiger partial charge in [-0.05, 0) is 18.2 Å². The van der Waals surface area contributed by atoms with E-state index in [9.17, 15) is 17.6 Å². The van der Waals surface area contributed by atoms with Crippen LogP contribution in [0.5, 0.6) is 0 Å². The molecule has 0 aliphatic carbocycles. The molecule has 0 radical (unpaired) electrons. The van der Waals surface area contributed by atoms with Gasteiger partial charge in [0.05, 0.1) is 24.5 Å². The highest BCUT2D eigenvalue weighted by Crippen LogP contribution is 2.35. The third-order valence-corrected chi connectivity index (χ3v) is 5.53. The van der Waals surface area contributed by atoms with Gasteiger partial charge in [0, 0.05) is 12.1 Å². The lowest BCUT2D eigenvalue weighted by atomic mass is 9.97. The lowest BCUT2D eigenvalue weighted by molar-refractivity contribution is -0.0335. The van der Waals surface area contributed by atoms with E-state index in [4.69, 9.17) is 16.3 Å². The van der Waals surface area contributed by atoms with Crippen LogP contribution in [0.4, 0.5) is 9.18 Å². The van der Waals surface area contributed by atoms with E-state index < -0.39 is 27.5 Å². The fourth-order valence-corrected chi connectivity index (χ4v) is 4.48. The summed E-state index contributed by atoms with van der Waals surface area (Å²) in [6.07, 6.45) is -0.471. The maximum absolute atomic E-state index is 13.3. The van der Waals surface area contributed by atoms with Gasteiger partial charge in [0.15, 0.2) is 5.60 Å². The maximum atomic E-state index is 13.3. The smallest absolute Gasteiger partial charge is 0.410 e. The molecule has 2 aliphatic rings. The first kappa shape index (κ1) is 14.6. The Bertz CT molecular complexity index is 698. The fraction of sp³-hybridized carbons (Fsp3) is 0.417. The zero-order valence-electron chi connectivity index (χ0n) is 11.0. The Kier molecular flexibility index (Phi) is 3.16. The minimum atomic E-state index is -3.85. The summed E-state index contributed by atoms with van der Waals surface area (Å²) in [5, 5.41) is 0.0100. The van der Waals surface area contributed by atoms with Gasteiger partial charge in [0.1, 0.15) is 5.82 Å². The van der Waals surface area contributed by atoms with E-state index in [2.05, 4.69) is 0 Å². The Morgan fingerprint density at radius 1 is 1.29 bits per heavy atom. The minimum absolute atomic E-state index is 0.0100. The van der Waals surface area contributed by atoms with Crippen LogP contribution in [-0.4, -0.2) is 56.0 Å². The lowest BCUT2D eigenvalue weighted by Gasteiger charge is -2.44. The Hall–Kier alpha value is -1.38. The number of amides is 1. The quantitative estimate of drug-likeness (QED) is 0.817. The topological polar surface area (TPSA) is 66.9 Å². The van der Waals surface area contributed by atoms with Gasteiger partial charge in [-0.1, -0.05) is 11.6 Å². The van der Waals surface area contributed by atoms with Crippen LogP contribution in [0.3, 0.4) is 0 Å². The van der Waals surface area contributed by atoms with Crippen molar-refractivity contribution < 1.29 is 22.3 Å². The first-order valence-electron chi connectivity index (χ1n) is 6.12. The molecule has 1 aromatic carbocycles. The minimum Gasteiger partial charge on any atom is -0.438 e. The van der Waals surface area contributed by atoms with E-state index in [0.29, 0.717) is 6.54 Å². The van der Waals surface area contributed by atoms with Gasteiger partial charge in [-0.25, -0.2) is 17.6 Å². The lowest BCUT2D eigenvalue weighted by Crippen LogP contribution is -2.65. The zero-order chi connectivity index (χ0) is 15.4. The summed E-state index contributed by atoms with van der Waals surface area (Å²) in [6, 6.07) is 3.14. The van der Waals surface area contributed by atoms with Crippen molar-refractivity contribution >= 4 is 27.7 Å². The van der Waals surface area contributed by atoms with Crippen molar-refractivity contribution in [1.29, 1.82) is 0 Å². The van der Waals surface area contributed by atoms with Crippen molar-refractivity contribution in [2.45, 2.75) is 10.5 Å². The van der Waals surface area contributed by atoms with Crippen molar-refractivity contribution in [1.82, 2.24) is 9.21 Å². The summed E-state index contributed by atoms with van der Waals surface area (Å²) in [7, 11) is -2.26. The molecule has 0 unspecified atom stereocenters. The molecule has 0 saturated carbocycles. The number of carbonyl (C=O) groups excluding carboxylic acids is 1. The average Bonchev–Trinajstić information content (AvgIpc) is 2.62. The summed E-state index contributed by atoms with van der Waals surface area (Å²) in [4.78, 5) is 12.6. The SMILES string of the molecule is CN1CC2(CN(S(=O)(=O)c3cc(F)cc(Cl)c3)C2)OC1=O. The van der Waals surface area contributed by atoms with E-state index >= 15 is 0 Å². The fourth-order valence-electron chi connectivity index (χ4n) is 2.55. The standard InChI is InChI=1S/C12H12ClFN2O4S/c1-15-5-12(20-11(15)17)6-16(7-12)21(18,19)10-3-8(13)2-9(14)4-10/h2-4H,5-7H2,1H3. The Balaban J connectivity index is 1.81. The predicted molar refractivity (Wildman–Crippen MR) is 72.0 cm³/mol. The second-order valence-corrected chi connectivity index (χ2v) is 7.66. The number of benzene rings is 1. The van der Waals surface area contributed by atoms with Crippen LogP contribution in [-0.2, 0) is 14.8 Å². The highest BCUT2D eigenvalue weighted by molar-refractivity contribution is 7.89. The van der Waals surface area contributed by atoms with Crippen LogP contribution < -0.4 is 0 Å². The number of sulfonamides is 1. The van der Waals surface area contributed by atoms with Gasteiger partial charge < -0.3 is 9.64 Å². The zero-order valence-corrected chi connectivity index (χ0v) is 12.6. The van der Waals surface area contributed by atoms with Gasteiger partial charge in [0.2, 0.25) is 10.0 Å². The Labute approximate surface area is 126 Å². The number of ether oxygens (including phenoxy) is 1. The van der Waals surface area contributed by atoms with Crippen molar-refractivity contribution in [3.63, 3.8) is 0 Å². The molecule has 1 spiro atoms. The molecule has 6 nitrogen and oxygen atoms in total. The molecular formula is C12H12ClFN2O4S. The van der Waals surface area contributed by atoms with Crippen molar-refractivity contribution in [2.75, 3.05) is 26.7 Å². The summed E-state index contributed by atoms with van der Waals surface area (Å²) in [6.45, 7) is 0.445. The number of likely N-dealkylation sites (N-methyl/N-ethyl adjacent to an activating group) is 1. The number of rotatable bonds is 2. The van der Waals surface area contributed by atoms with Crippen molar-refractivity contribution in [2.24, 2.45) is 0 Å². The third kappa shape index (κ3) is 2.37. The molecular weight excluding hydrogens is 323 g/mol. The molecule has 1 amide bonds. The number of hydrogen-bond donors (Lipinski definition) is 0. The van der Waals surface area contributed by atoms with E-state index in [1.54, 1.807) is 7.05 Å². The van der Waals surface area contributed by atoms with Gasteiger partial charge in [0.25, 0.3) is 0 Å². The molecule has 2 saturated heterocycles. The van der Waals surface area contributed by atoms with E-state index in [1.807, 2.05) is 0 Å². The molecule has 2 fully saturated rings.